The quantitative estimate of drug-likeness (QED) is 0.631. The summed E-state index contributed by atoms with van der Waals surface area (Å²) in [5.74, 6) is -1.93. The van der Waals surface area contributed by atoms with Crippen molar-refractivity contribution in [1.82, 2.24) is 4.90 Å². The van der Waals surface area contributed by atoms with Gasteiger partial charge in [-0.2, -0.15) is 0 Å². The first-order valence-electron chi connectivity index (χ1n) is 4.53. The van der Waals surface area contributed by atoms with Crippen LogP contribution in [0.3, 0.4) is 0 Å². The molecule has 0 aliphatic carbocycles. The molecule has 4 nitrogen and oxygen atoms in total. The van der Waals surface area contributed by atoms with Crippen LogP contribution in [0.4, 0.5) is 0 Å². The number of Topliss-reactive ketones (excluding diaryl/α,β-unsaturated/α-hetero) is 1. The SMILES string of the molecule is CCC1C(C(=O)O)C(=O)CCN1C. The Balaban J connectivity index is 2.83. The number of carbonyl (C=O) groups is 2. The number of hydrogen-bond acceptors (Lipinski definition) is 3. The molecule has 2 atom stereocenters. The molecule has 0 amide bonds. The number of nitrogens with zero attached hydrogens (tertiary/aromatic N) is 1. The van der Waals surface area contributed by atoms with Crippen LogP contribution in [0.15, 0.2) is 0 Å². The van der Waals surface area contributed by atoms with E-state index in [1.54, 1.807) is 0 Å². The second-order valence-electron chi connectivity index (χ2n) is 3.49. The Bertz CT molecular complexity index is 227. The first-order chi connectivity index (χ1) is 6.07. The molecule has 0 aromatic rings. The van der Waals surface area contributed by atoms with Gasteiger partial charge in [-0.25, -0.2) is 0 Å². The Hall–Kier alpha value is -0.900. The average molecular weight is 185 g/mol. The molecule has 0 saturated carbocycles. The van der Waals surface area contributed by atoms with Gasteiger partial charge >= 0.3 is 5.97 Å². The van der Waals surface area contributed by atoms with Crippen molar-refractivity contribution in [2.75, 3.05) is 13.6 Å². The lowest BCUT2D eigenvalue weighted by molar-refractivity contribution is -0.151. The minimum Gasteiger partial charge on any atom is -0.481 e. The zero-order chi connectivity index (χ0) is 10.0. The summed E-state index contributed by atoms with van der Waals surface area (Å²) in [5, 5.41) is 8.88. The van der Waals surface area contributed by atoms with Crippen LogP contribution >= 0.6 is 0 Å². The number of carboxylic acids is 1. The third-order valence-corrected chi connectivity index (χ3v) is 2.69. The summed E-state index contributed by atoms with van der Waals surface area (Å²) in [6.07, 6.45) is 1.07. The lowest BCUT2D eigenvalue weighted by Gasteiger charge is -2.35. The molecule has 0 bridgehead atoms. The normalized spacial score (nSPS) is 30.5. The van der Waals surface area contributed by atoms with Gasteiger partial charge in [0.2, 0.25) is 0 Å². The van der Waals surface area contributed by atoms with E-state index in [4.69, 9.17) is 5.11 Å². The Kier molecular flexibility index (Phi) is 3.03. The van der Waals surface area contributed by atoms with Gasteiger partial charge in [0.1, 0.15) is 11.7 Å². The molecule has 0 radical (unpaired) electrons. The van der Waals surface area contributed by atoms with Gasteiger partial charge in [0, 0.05) is 19.0 Å². The van der Waals surface area contributed by atoms with E-state index in [2.05, 4.69) is 0 Å². The molecular formula is C9H15NO3. The van der Waals surface area contributed by atoms with Gasteiger partial charge in [-0.05, 0) is 13.5 Å². The first kappa shape index (κ1) is 10.2. The summed E-state index contributed by atoms with van der Waals surface area (Å²) >= 11 is 0. The van der Waals surface area contributed by atoms with Crippen molar-refractivity contribution in [2.24, 2.45) is 5.92 Å². The minimum atomic E-state index is -0.983. The highest BCUT2D eigenvalue weighted by Crippen LogP contribution is 2.21. The van der Waals surface area contributed by atoms with Crippen LogP contribution in [-0.2, 0) is 9.59 Å². The monoisotopic (exact) mass is 185 g/mol. The summed E-state index contributed by atoms with van der Waals surface area (Å²) < 4.78 is 0. The fourth-order valence-electron chi connectivity index (χ4n) is 1.93. The molecule has 13 heavy (non-hydrogen) atoms. The van der Waals surface area contributed by atoms with Gasteiger partial charge < -0.3 is 10.0 Å². The molecule has 0 aromatic carbocycles. The predicted molar refractivity (Wildman–Crippen MR) is 47.5 cm³/mol. The molecule has 1 aliphatic rings. The van der Waals surface area contributed by atoms with Crippen molar-refractivity contribution in [3.63, 3.8) is 0 Å². The second kappa shape index (κ2) is 3.87. The van der Waals surface area contributed by atoms with Crippen molar-refractivity contribution < 1.29 is 14.7 Å². The molecule has 0 spiro atoms. The maximum atomic E-state index is 11.3. The zero-order valence-electron chi connectivity index (χ0n) is 7.99. The van der Waals surface area contributed by atoms with Crippen LogP contribution in [0.25, 0.3) is 0 Å². The number of hydrogen-bond donors (Lipinski definition) is 1. The maximum absolute atomic E-state index is 11.3. The van der Waals surface area contributed by atoms with E-state index in [0.29, 0.717) is 19.4 Å². The van der Waals surface area contributed by atoms with Gasteiger partial charge in [-0.15, -0.1) is 0 Å². The molecule has 1 fully saturated rings. The second-order valence-corrected chi connectivity index (χ2v) is 3.49. The molecular weight excluding hydrogens is 170 g/mol. The first-order valence-corrected chi connectivity index (χ1v) is 4.53. The number of aliphatic carboxylic acids is 1. The minimum absolute atomic E-state index is 0.126. The number of carbonyl (C=O) groups excluding carboxylic acids is 1. The van der Waals surface area contributed by atoms with E-state index in [1.807, 2.05) is 18.9 Å². The van der Waals surface area contributed by atoms with E-state index in [-0.39, 0.29) is 11.8 Å². The van der Waals surface area contributed by atoms with Crippen LogP contribution < -0.4 is 0 Å². The van der Waals surface area contributed by atoms with Crippen molar-refractivity contribution >= 4 is 11.8 Å². The van der Waals surface area contributed by atoms with Crippen molar-refractivity contribution in [2.45, 2.75) is 25.8 Å². The standard InChI is InChI=1S/C9H15NO3/c1-3-6-8(9(12)13)7(11)4-5-10(6)2/h6,8H,3-5H2,1-2H3,(H,12,13). The summed E-state index contributed by atoms with van der Waals surface area (Å²) in [6.45, 7) is 2.59. The summed E-state index contributed by atoms with van der Waals surface area (Å²) in [5.41, 5.74) is 0. The van der Waals surface area contributed by atoms with Gasteiger partial charge in [0.25, 0.3) is 0 Å². The smallest absolute Gasteiger partial charge is 0.315 e. The molecule has 1 heterocycles. The van der Waals surface area contributed by atoms with Crippen LogP contribution in [0.1, 0.15) is 19.8 Å². The van der Waals surface area contributed by atoms with E-state index in [0.717, 1.165) is 0 Å². The van der Waals surface area contributed by atoms with E-state index < -0.39 is 11.9 Å². The average Bonchev–Trinajstić information content (AvgIpc) is 2.07. The Morgan fingerprint density at radius 2 is 2.31 bits per heavy atom. The van der Waals surface area contributed by atoms with Crippen LogP contribution in [0, 0.1) is 5.92 Å². The van der Waals surface area contributed by atoms with Crippen LogP contribution in [-0.4, -0.2) is 41.4 Å². The Morgan fingerprint density at radius 3 is 2.69 bits per heavy atom. The number of likely N-dealkylation sites (tertiary alicyclic amines) is 1. The van der Waals surface area contributed by atoms with Gasteiger partial charge in [-0.3, -0.25) is 9.59 Å². The Morgan fingerprint density at radius 1 is 1.69 bits per heavy atom. The van der Waals surface area contributed by atoms with E-state index in [9.17, 15) is 9.59 Å². The summed E-state index contributed by atoms with van der Waals surface area (Å²) in [4.78, 5) is 24.1. The lowest BCUT2D eigenvalue weighted by Crippen LogP contribution is -2.50. The summed E-state index contributed by atoms with van der Waals surface area (Å²) in [7, 11) is 1.87. The van der Waals surface area contributed by atoms with Crippen molar-refractivity contribution in [3.8, 4) is 0 Å². The third-order valence-electron chi connectivity index (χ3n) is 2.69. The number of rotatable bonds is 2. The molecule has 4 heteroatoms. The fraction of sp³-hybridized carbons (Fsp3) is 0.778. The molecule has 0 aromatic heterocycles. The van der Waals surface area contributed by atoms with Crippen molar-refractivity contribution in [1.29, 1.82) is 0 Å². The number of piperidine rings is 1. The highest BCUT2D eigenvalue weighted by Gasteiger charge is 2.39. The van der Waals surface area contributed by atoms with E-state index >= 15 is 0 Å². The lowest BCUT2D eigenvalue weighted by atomic mass is 9.87. The third kappa shape index (κ3) is 1.88. The molecule has 1 saturated heterocycles. The molecule has 74 valence electrons. The highest BCUT2D eigenvalue weighted by atomic mass is 16.4. The number of carboxylic acid groups (broad SMARTS) is 1. The van der Waals surface area contributed by atoms with Crippen molar-refractivity contribution in [3.05, 3.63) is 0 Å². The topological polar surface area (TPSA) is 57.6 Å². The Labute approximate surface area is 77.5 Å². The highest BCUT2D eigenvalue weighted by molar-refractivity contribution is 5.99. The van der Waals surface area contributed by atoms with Gasteiger partial charge in [0.15, 0.2) is 0 Å². The van der Waals surface area contributed by atoms with E-state index in [1.165, 1.54) is 0 Å². The fourth-order valence-corrected chi connectivity index (χ4v) is 1.93. The van der Waals surface area contributed by atoms with Gasteiger partial charge in [-0.1, -0.05) is 6.92 Å². The van der Waals surface area contributed by atoms with Gasteiger partial charge in [0.05, 0.1) is 0 Å². The largest absolute Gasteiger partial charge is 0.481 e. The predicted octanol–water partition coefficient (Wildman–Crippen LogP) is 0.370. The zero-order valence-corrected chi connectivity index (χ0v) is 7.99. The molecule has 1 aliphatic heterocycles. The van der Waals surface area contributed by atoms with Crippen LogP contribution in [0.2, 0.25) is 0 Å². The molecule has 2 unspecified atom stereocenters. The number of ketones is 1. The summed E-state index contributed by atoms with van der Waals surface area (Å²) in [6, 6.07) is -0.126. The molecule has 1 N–H and O–H groups in total. The van der Waals surface area contributed by atoms with Crippen LogP contribution in [0.5, 0.6) is 0 Å². The molecule has 1 rings (SSSR count). The maximum Gasteiger partial charge on any atom is 0.315 e.